The number of hydrogen-bond donors (Lipinski definition) is 2. The molecule has 1 aromatic carbocycles. The molecule has 1 amide bonds. The van der Waals surface area contributed by atoms with Gasteiger partial charge in [0.15, 0.2) is 9.92 Å². The molecule has 3 N–H and O–H groups in total. The van der Waals surface area contributed by atoms with Crippen molar-refractivity contribution in [2.45, 2.75) is 69.5 Å². The third-order valence-corrected chi connectivity index (χ3v) is 7.00. The van der Waals surface area contributed by atoms with Gasteiger partial charge in [0, 0.05) is 11.6 Å². The van der Waals surface area contributed by atoms with E-state index in [1.807, 2.05) is 0 Å². The average Bonchev–Trinajstić information content (AvgIpc) is 3.33. The van der Waals surface area contributed by atoms with E-state index in [9.17, 15) is 14.1 Å². The van der Waals surface area contributed by atoms with Crippen molar-refractivity contribution in [2.24, 2.45) is 9.50 Å². The van der Waals surface area contributed by atoms with Crippen LogP contribution in [0.4, 0.5) is 0 Å². The Morgan fingerprint density at radius 1 is 1.18 bits per heavy atom. The first-order valence-corrected chi connectivity index (χ1v) is 11.3. The molecular formula is C21H26N2O4S. The Balaban J connectivity index is 1.65. The lowest BCUT2D eigenvalue weighted by Crippen LogP contribution is -2.17. The van der Waals surface area contributed by atoms with E-state index in [4.69, 9.17) is 9.56 Å². The smallest absolute Gasteiger partial charge is 0.259 e. The van der Waals surface area contributed by atoms with Crippen LogP contribution in [-0.2, 0) is 52.4 Å². The normalized spacial score (nSPS) is 17.9. The second-order valence-corrected chi connectivity index (χ2v) is 10.0. The van der Waals surface area contributed by atoms with Crippen LogP contribution < -0.4 is 5.14 Å². The minimum atomic E-state index is -3.50. The molecule has 7 heteroatoms. The van der Waals surface area contributed by atoms with Crippen LogP contribution in [0.1, 0.15) is 60.1 Å². The van der Waals surface area contributed by atoms with Crippen molar-refractivity contribution in [3.8, 4) is 0 Å². The van der Waals surface area contributed by atoms with Crippen LogP contribution in [0.5, 0.6) is 0 Å². The fourth-order valence-corrected chi connectivity index (χ4v) is 5.26. The number of nitrogens with two attached hydrogens (primary N) is 1. The molecule has 1 heterocycles. The van der Waals surface area contributed by atoms with Crippen LogP contribution in [-0.4, -0.2) is 15.2 Å². The van der Waals surface area contributed by atoms with E-state index in [0.717, 1.165) is 44.1 Å². The summed E-state index contributed by atoms with van der Waals surface area (Å²) < 4.78 is 21.9. The summed E-state index contributed by atoms with van der Waals surface area (Å²) in [6, 6.07) is 3.71. The maximum Gasteiger partial charge on any atom is 0.259 e. The lowest BCUT2D eigenvalue weighted by molar-refractivity contribution is -0.117. The number of carbonyl (C=O) groups is 1. The molecule has 150 valence electrons. The second-order valence-electron chi connectivity index (χ2n) is 8.28. The van der Waals surface area contributed by atoms with E-state index in [2.05, 4.69) is 10.4 Å². The summed E-state index contributed by atoms with van der Waals surface area (Å²) in [5.74, 6) is -0.497. The number of nitrogens with zero attached hydrogens (tertiary/aromatic N) is 1. The minimum Gasteiger partial charge on any atom is -0.453 e. The van der Waals surface area contributed by atoms with Gasteiger partial charge >= 0.3 is 0 Å². The zero-order valence-electron chi connectivity index (χ0n) is 16.3. The summed E-state index contributed by atoms with van der Waals surface area (Å²) in [7, 11) is -3.50. The molecule has 0 saturated heterocycles. The molecule has 4 rings (SSSR count). The minimum absolute atomic E-state index is 0.0958. The van der Waals surface area contributed by atoms with E-state index in [1.54, 1.807) is 13.8 Å². The molecule has 1 unspecified atom stereocenters. The van der Waals surface area contributed by atoms with Gasteiger partial charge in [0.2, 0.25) is 5.09 Å². The maximum atomic E-state index is 12.8. The number of benzene rings is 1. The van der Waals surface area contributed by atoms with Crippen LogP contribution in [0.15, 0.2) is 32.3 Å². The topological polar surface area (TPSA) is 106 Å². The number of rotatable bonds is 4. The van der Waals surface area contributed by atoms with Gasteiger partial charge in [0.25, 0.3) is 5.91 Å². The van der Waals surface area contributed by atoms with Crippen molar-refractivity contribution in [2.75, 3.05) is 0 Å². The van der Waals surface area contributed by atoms with Crippen molar-refractivity contribution >= 4 is 15.8 Å². The number of carbonyl (C=O) groups excluding carboxylic acids is 1. The van der Waals surface area contributed by atoms with Crippen molar-refractivity contribution < 1.29 is 18.5 Å². The molecule has 0 spiro atoms. The summed E-state index contributed by atoms with van der Waals surface area (Å²) in [6.45, 7) is 3.16. The molecule has 0 aliphatic heterocycles. The highest BCUT2D eigenvalue weighted by molar-refractivity contribution is 7.91. The average molecular weight is 403 g/mol. The highest BCUT2D eigenvalue weighted by Gasteiger charge is 2.26. The molecule has 1 aromatic heterocycles. The van der Waals surface area contributed by atoms with Crippen molar-refractivity contribution in [3.05, 3.63) is 51.8 Å². The Bertz CT molecular complexity index is 1040. The highest BCUT2D eigenvalue weighted by atomic mass is 32.2. The van der Waals surface area contributed by atoms with Crippen LogP contribution in [0.25, 0.3) is 0 Å². The molecule has 6 nitrogen and oxygen atoms in total. The van der Waals surface area contributed by atoms with Gasteiger partial charge in [-0.05, 0) is 80.2 Å². The van der Waals surface area contributed by atoms with Gasteiger partial charge in [-0.3, -0.25) is 4.79 Å². The van der Waals surface area contributed by atoms with Crippen LogP contribution >= 0.6 is 0 Å². The SMILES string of the molecule is CC(C)(O)c1coc(S(N)(=O)=NC(=O)Cc2c3c(cc4c2CCC4)CCC3)c1. The number of amides is 1. The van der Waals surface area contributed by atoms with Gasteiger partial charge in [-0.2, -0.15) is 0 Å². The third kappa shape index (κ3) is 3.54. The van der Waals surface area contributed by atoms with Crippen molar-refractivity contribution in [3.63, 3.8) is 0 Å². The lowest BCUT2D eigenvalue weighted by Gasteiger charge is -2.14. The largest absolute Gasteiger partial charge is 0.453 e. The predicted molar refractivity (Wildman–Crippen MR) is 106 cm³/mol. The van der Waals surface area contributed by atoms with Crippen LogP contribution in [0, 0.1) is 0 Å². The molecule has 0 fully saturated rings. The Labute approximate surface area is 165 Å². The number of aliphatic hydroxyl groups is 1. The van der Waals surface area contributed by atoms with Gasteiger partial charge in [-0.25, -0.2) is 9.35 Å². The third-order valence-electron chi connectivity index (χ3n) is 5.73. The Morgan fingerprint density at radius 3 is 2.32 bits per heavy atom. The summed E-state index contributed by atoms with van der Waals surface area (Å²) in [4.78, 5) is 12.7. The van der Waals surface area contributed by atoms with Gasteiger partial charge in [-0.15, -0.1) is 4.36 Å². The fraction of sp³-hybridized carbons (Fsp3) is 0.476. The summed E-state index contributed by atoms with van der Waals surface area (Å²) in [5, 5.41) is 15.8. The molecular weight excluding hydrogens is 376 g/mol. The van der Waals surface area contributed by atoms with Crippen molar-refractivity contribution in [1.29, 1.82) is 0 Å². The lowest BCUT2D eigenvalue weighted by atomic mass is 9.92. The highest BCUT2D eigenvalue weighted by Crippen LogP contribution is 2.35. The monoisotopic (exact) mass is 402 g/mol. The molecule has 2 aliphatic rings. The number of hydrogen-bond acceptors (Lipinski definition) is 4. The molecule has 28 heavy (non-hydrogen) atoms. The first-order valence-electron chi connectivity index (χ1n) is 9.69. The number of furan rings is 1. The van der Waals surface area contributed by atoms with E-state index < -0.39 is 21.4 Å². The van der Waals surface area contributed by atoms with E-state index in [1.165, 1.54) is 34.6 Å². The molecule has 0 saturated carbocycles. The van der Waals surface area contributed by atoms with E-state index in [0.29, 0.717) is 5.56 Å². The van der Waals surface area contributed by atoms with Crippen LogP contribution in [0.3, 0.4) is 0 Å². The zero-order valence-corrected chi connectivity index (χ0v) is 17.1. The Morgan fingerprint density at radius 2 is 1.79 bits per heavy atom. The van der Waals surface area contributed by atoms with Crippen molar-refractivity contribution in [1.82, 2.24) is 0 Å². The van der Waals surface area contributed by atoms with Gasteiger partial charge < -0.3 is 9.52 Å². The molecule has 1 atom stereocenters. The number of aryl methyl sites for hydroxylation is 2. The van der Waals surface area contributed by atoms with Gasteiger partial charge in [0.1, 0.15) is 0 Å². The molecule has 0 bridgehead atoms. The quantitative estimate of drug-likeness (QED) is 0.820. The Hall–Kier alpha value is -1.96. The number of fused-ring (bicyclic) bond motifs is 2. The van der Waals surface area contributed by atoms with Crippen LogP contribution in [0.2, 0.25) is 0 Å². The standard InChI is InChI=1S/C21H26N2O4S/c1-21(2,25)15-10-20(27-12-15)28(22,26)23-19(24)11-18-16-7-3-5-13(16)9-14-6-4-8-17(14)18/h9-10,12,25H,3-8,11H2,1-2H3,(H2,22,23,24,26). The maximum absolute atomic E-state index is 12.8. The zero-order chi connectivity index (χ0) is 20.1. The summed E-state index contributed by atoms with van der Waals surface area (Å²) in [6.07, 6.45) is 7.71. The first-order chi connectivity index (χ1) is 13.1. The second kappa shape index (κ2) is 6.83. The van der Waals surface area contributed by atoms with Gasteiger partial charge in [-0.1, -0.05) is 6.07 Å². The Kier molecular flexibility index (Phi) is 4.72. The van der Waals surface area contributed by atoms with Gasteiger partial charge in [0.05, 0.1) is 18.3 Å². The first kappa shape index (κ1) is 19.4. The fourth-order valence-electron chi connectivity index (χ4n) is 4.32. The predicted octanol–water partition coefficient (Wildman–Crippen LogP) is 2.95. The van der Waals surface area contributed by atoms with E-state index >= 15 is 0 Å². The molecule has 0 radical (unpaired) electrons. The summed E-state index contributed by atoms with van der Waals surface area (Å²) >= 11 is 0. The summed E-state index contributed by atoms with van der Waals surface area (Å²) in [5.41, 5.74) is 5.58. The molecule has 2 aromatic rings. The molecule has 2 aliphatic carbocycles. The van der Waals surface area contributed by atoms with E-state index in [-0.39, 0.29) is 11.5 Å².